The van der Waals surface area contributed by atoms with Crippen LogP contribution in [-0.4, -0.2) is 35.5 Å². The van der Waals surface area contributed by atoms with Crippen LogP contribution in [0.15, 0.2) is 18.2 Å². The van der Waals surface area contributed by atoms with Crippen LogP contribution in [0.3, 0.4) is 0 Å². The van der Waals surface area contributed by atoms with Crippen molar-refractivity contribution in [1.82, 2.24) is 4.90 Å². The van der Waals surface area contributed by atoms with Gasteiger partial charge in [0, 0.05) is 30.7 Å². The molecule has 0 saturated heterocycles. The van der Waals surface area contributed by atoms with Crippen molar-refractivity contribution in [1.29, 1.82) is 0 Å². The molecule has 1 saturated carbocycles. The number of hydrogen-bond donors (Lipinski definition) is 1. The number of nitrogens with two attached hydrogens (primary N) is 1. The first-order valence-corrected chi connectivity index (χ1v) is 10.4. The Balaban J connectivity index is 1.61. The first-order valence-electron chi connectivity index (χ1n) is 10.4. The van der Waals surface area contributed by atoms with Crippen LogP contribution < -0.4 is 10.6 Å². The van der Waals surface area contributed by atoms with Gasteiger partial charge in [0.25, 0.3) is 0 Å². The number of fused-ring (bicyclic) bond motifs is 1. The lowest BCUT2D eigenvalue weighted by molar-refractivity contribution is -0.128. The lowest BCUT2D eigenvalue weighted by atomic mass is 9.86. The van der Waals surface area contributed by atoms with Crippen molar-refractivity contribution in [3.8, 4) is 0 Å². The Kier molecular flexibility index (Phi) is 6.26. The Bertz CT molecular complexity index is 728. The van der Waals surface area contributed by atoms with Crippen LogP contribution >= 0.6 is 0 Å². The fourth-order valence-corrected chi connectivity index (χ4v) is 4.77. The zero-order valence-electron chi connectivity index (χ0n) is 17.0. The van der Waals surface area contributed by atoms with Gasteiger partial charge in [-0.15, -0.1) is 0 Å². The normalized spacial score (nSPS) is 18.8. The molecule has 0 atom stereocenters. The molecule has 0 bridgehead atoms. The van der Waals surface area contributed by atoms with Gasteiger partial charge in [-0.3, -0.25) is 9.69 Å². The van der Waals surface area contributed by atoms with E-state index >= 15 is 0 Å². The molecule has 0 unspecified atom stereocenters. The van der Waals surface area contributed by atoms with Crippen molar-refractivity contribution in [3.63, 3.8) is 0 Å². The Hall–Kier alpha value is -2.11. The Morgan fingerprint density at radius 2 is 1.96 bits per heavy atom. The highest BCUT2D eigenvalue weighted by Gasteiger charge is 2.36. The predicted octanol–water partition coefficient (Wildman–Crippen LogP) is 4.23. The molecule has 6 heteroatoms. The Morgan fingerprint density at radius 1 is 1.25 bits per heavy atom. The van der Waals surface area contributed by atoms with Crippen molar-refractivity contribution in [2.24, 2.45) is 11.7 Å². The number of nitrogens with zero attached hydrogens (tertiary/aromatic N) is 2. The molecule has 28 heavy (non-hydrogen) atoms. The summed E-state index contributed by atoms with van der Waals surface area (Å²) in [5.41, 5.74) is 7.23. The summed E-state index contributed by atoms with van der Waals surface area (Å²) >= 11 is 0. The zero-order valence-corrected chi connectivity index (χ0v) is 17.0. The molecule has 1 aromatic carbocycles. The van der Waals surface area contributed by atoms with Gasteiger partial charge in [-0.1, -0.05) is 32.1 Å². The average molecular weight is 390 g/mol. The average Bonchev–Trinajstić information content (AvgIpc) is 2.89. The maximum Gasteiger partial charge on any atom is 0.321 e. The monoisotopic (exact) mass is 389 g/mol. The highest BCUT2D eigenvalue weighted by Crippen LogP contribution is 2.38. The molecule has 2 N–H and O–H groups in total. The summed E-state index contributed by atoms with van der Waals surface area (Å²) in [4.78, 5) is 27.9. The van der Waals surface area contributed by atoms with Crippen molar-refractivity contribution < 1.29 is 14.0 Å². The smallest absolute Gasteiger partial charge is 0.321 e. The second-order valence-electron chi connectivity index (χ2n) is 8.84. The molecule has 1 aromatic rings. The van der Waals surface area contributed by atoms with Crippen LogP contribution in [0.1, 0.15) is 64.4 Å². The summed E-state index contributed by atoms with van der Waals surface area (Å²) in [6.45, 7) is 4.91. The molecular formula is C22H32FN3O2. The molecule has 5 nitrogen and oxygen atoms in total. The van der Waals surface area contributed by atoms with Gasteiger partial charge in [0.15, 0.2) is 0 Å². The van der Waals surface area contributed by atoms with Gasteiger partial charge in [-0.25, -0.2) is 9.18 Å². The van der Waals surface area contributed by atoms with Crippen molar-refractivity contribution in [2.45, 2.75) is 70.8 Å². The topological polar surface area (TPSA) is 66.6 Å². The summed E-state index contributed by atoms with van der Waals surface area (Å²) in [5.74, 6) is 0.161. The molecule has 1 aliphatic carbocycles. The number of primary amides is 1. The minimum atomic E-state index is -0.690. The van der Waals surface area contributed by atoms with E-state index in [1.54, 1.807) is 12.1 Å². The van der Waals surface area contributed by atoms with Crippen LogP contribution in [0.5, 0.6) is 0 Å². The van der Waals surface area contributed by atoms with E-state index in [2.05, 4.69) is 18.7 Å². The van der Waals surface area contributed by atoms with Gasteiger partial charge >= 0.3 is 6.03 Å². The Labute approximate surface area is 167 Å². The second kappa shape index (κ2) is 8.50. The molecule has 2 aliphatic rings. The summed E-state index contributed by atoms with van der Waals surface area (Å²) < 4.78 is 13.6. The van der Waals surface area contributed by atoms with Crippen molar-refractivity contribution >= 4 is 17.6 Å². The zero-order chi connectivity index (χ0) is 20.3. The number of carbonyl (C=O) groups is 2. The molecule has 154 valence electrons. The number of amides is 3. The molecule has 3 rings (SSSR count). The molecule has 1 aliphatic heterocycles. The first kappa shape index (κ1) is 20.6. The molecule has 1 fully saturated rings. The van der Waals surface area contributed by atoms with Crippen LogP contribution in [-0.2, 0) is 11.2 Å². The number of hydrogen-bond acceptors (Lipinski definition) is 3. The van der Waals surface area contributed by atoms with E-state index in [1.165, 1.54) is 43.1 Å². The summed E-state index contributed by atoms with van der Waals surface area (Å²) in [5, 5.41) is 0. The highest BCUT2D eigenvalue weighted by molar-refractivity contribution is 5.93. The minimum absolute atomic E-state index is 0.186. The molecule has 3 amide bonds. The predicted molar refractivity (Wildman–Crippen MR) is 109 cm³/mol. The molecule has 0 radical (unpaired) electrons. The van der Waals surface area contributed by atoms with Crippen LogP contribution in [0.2, 0.25) is 0 Å². The van der Waals surface area contributed by atoms with E-state index in [1.807, 2.05) is 0 Å². The van der Waals surface area contributed by atoms with Gasteiger partial charge in [0.2, 0.25) is 5.91 Å². The molecule has 0 aromatic heterocycles. The SMILES string of the molecule is CC1(C)Cc2cc(F)ccc2N1CCN(C(N)=O)C(=O)CCC1CCCCC1. The van der Waals surface area contributed by atoms with Crippen molar-refractivity contribution in [3.05, 3.63) is 29.6 Å². The van der Waals surface area contributed by atoms with E-state index < -0.39 is 6.03 Å². The van der Waals surface area contributed by atoms with E-state index in [-0.39, 0.29) is 23.8 Å². The number of benzene rings is 1. The number of urea groups is 1. The van der Waals surface area contributed by atoms with E-state index in [4.69, 9.17) is 5.73 Å². The lowest BCUT2D eigenvalue weighted by Crippen LogP contribution is -2.49. The summed E-state index contributed by atoms with van der Waals surface area (Å²) in [7, 11) is 0. The maximum absolute atomic E-state index is 13.6. The number of halogens is 1. The highest BCUT2D eigenvalue weighted by atomic mass is 19.1. The van der Waals surface area contributed by atoms with Gasteiger partial charge in [0.1, 0.15) is 5.82 Å². The first-order chi connectivity index (χ1) is 13.3. The maximum atomic E-state index is 13.6. The van der Waals surface area contributed by atoms with E-state index in [0.29, 0.717) is 18.9 Å². The lowest BCUT2D eigenvalue weighted by Gasteiger charge is -2.35. The third kappa shape index (κ3) is 4.65. The van der Waals surface area contributed by atoms with E-state index in [9.17, 15) is 14.0 Å². The van der Waals surface area contributed by atoms with Crippen molar-refractivity contribution in [2.75, 3.05) is 18.0 Å². The largest absolute Gasteiger partial charge is 0.364 e. The quantitative estimate of drug-likeness (QED) is 0.791. The van der Waals surface area contributed by atoms with Crippen LogP contribution in [0.4, 0.5) is 14.9 Å². The number of rotatable bonds is 6. The fraction of sp³-hybridized carbons (Fsp3) is 0.636. The van der Waals surface area contributed by atoms with Gasteiger partial charge in [-0.2, -0.15) is 0 Å². The molecule has 1 heterocycles. The van der Waals surface area contributed by atoms with Gasteiger partial charge in [0.05, 0.1) is 0 Å². The van der Waals surface area contributed by atoms with Gasteiger partial charge < -0.3 is 10.6 Å². The summed E-state index contributed by atoms with van der Waals surface area (Å²) in [6.07, 6.45) is 8.06. The number of carbonyl (C=O) groups excluding carboxylic acids is 2. The standard InChI is InChI=1S/C22H32FN3O2/c1-22(2)15-17-14-18(23)9-10-19(17)26(22)13-12-25(21(24)28)20(27)11-8-16-6-4-3-5-7-16/h9-10,14,16H,3-8,11-13,15H2,1-2H3,(H2,24,28). The molecule has 0 spiro atoms. The summed E-state index contributed by atoms with van der Waals surface area (Å²) in [6, 6.07) is 4.11. The second-order valence-corrected chi connectivity index (χ2v) is 8.84. The van der Waals surface area contributed by atoms with Crippen LogP contribution in [0.25, 0.3) is 0 Å². The fourth-order valence-electron chi connectivity index (χ4n) is 4.77. The molecular weight excluding hydrogens is 357 g/mol. The third-order valence-corrected chi connectivity index (χ3v) is 6.29. The van der Waals surface area contributed by atoms with Gasteiger partial charge in [-0.05, 0) is 56.4 Å². The van der Waals surface area contributed by atoms with E-state index in [0.717, 1.165) is 24.1 Å². The number of imide groups is 1. The third-order valence-electron chi connectivity index (χ3n) is 6.29. The minimum Gasteiger partial charge on any atom is -0.364 e. The number of anilines is 1. The Morgan fingerprint density at radius 3 is 2.64 bits per heavy atom. The van der Waals surface area contributed by atoms with Crippen LogP contribution in [0, 0.1) is 11.7 Å².